The zero-order valence-corrected chi connectivity index (χ0v) is 10.8. The molecule has 96 valence electrons. The van der Waals surface area contributed by atoms with Crippen molar-refractivity contribution in [2.75, 3.05) is 0 Å². The Balaban J connectivity index is 2.28. The molecule has 0 aromatic heterocycles. The molecule has 0 aliphatic heterocycles. The van der Waals surface area contributed by atoms with E-state index in [2.05, 4.69) is 15.9 Å². The van der Waals surface area contributed by atoms with E-state index in [4.69, 9.17) is 4.74 Å². The van der Waals surface area contributed by atoms with Crippen molar-refractivity contribution in [2.45, 2.75) is 25.4 Å². The summed E-state index contributed by atoms with van der Waals surface area (Å²) in [5, 5.41) is 10.8. The zero-order valence-electron chi connectivity index (χ0n) is 9.19. The second-order valence-electron chi connectivity index (χ2n) is 4.01. The molecular weight excluding hydrogens is 309 g/mol. The summed E-state index contributed by atoms with van der Waals surface area (Å²) in [7, 11) is 0. The van der Waals surface area contributed by atoms with Crippen molar-refractivity contribution in [2.24, 2.45) is 0 Å². The van der Waals surface area contributed by atoms with Crippen LogP contribution in [0.25, 0.3) is 0 Å². The Morgan fingerprint density at radius 1 is 1.50 bits per heavy atom. The molecule has 1 saturated carbocycles. The molecule has 0 spiro atoms. The van der Waals surface area contributed by atoms with E-state index in [1.54, 1.807) is 0 Å². The first kappa shape index (κ1) is 12.9. The molecular formula is C11H9BrFNO4. The molecule has 1 aromatic carbocycles. The van der Waals surface area contributed by atoms with E-state index in [9.17, 15) is 19.3 Å². The van der Waals surface area contributed by atoms with Crippen molar-refractivity contribution in [1.82, 2.24) is 0 Å². The van der Waals surface area contributed by atoms with E-state index in [0.29, 0.717) is 12.8 Å². The van der Waals surface area contributed by atoms with E-state index >= 15 is 0 Å². The van der Waals surface area contributed by atoms with Crippen LogP contribution in [0.5, 0.6) is 5.75 Å². The summed E-state index contributed by atoms with van der Waals surface area (Å²) in [6, 6.07) is 2.02. The number of benzene rings is 1. The number of rotatable bonds is 3. The molecule has 1 aliphatic rings. The van der Waals surface area contributed by atoms with Crippen molar-refractivity contribution < 1.29 is 18.8 Å². The van der Waals surface area contributed by atoms with Gasteiger partial charge in [0.25, 0.3) is 0 Å². The van der Waals surface area contributed by atoms with Gasteiger partial charge >= 0.3 is 5.69 Å². The van der Waals surface area contributed by atoms with Gasteiger partial charge in [0.1, 0.15) is 17.7 Å². The number of nitro groups is 1. The summed E-state index contributed by atoms with van der Waals surface area (Å²) in [6.45, 7) is 0. The lowest BCUT2D eigenvalue weighted by Gasteiger charge is -2.12. The lowest BCUT2D eigenvalue weighted by Crippen LogP contribution is -2.13. The summed E-state index contributed by atoms with van der Waals surface area (Å²) in [4.78, 5) is 21.3. The molecule has 2 rings (SSSR count). The van der Waals surface area contributed by atoms with Crippen molar-refractivity contribution in [1.29, 1.82) is 0 Å². The molecule has 18 heavy (non-hydrogen) atoms. The van der Waals surface area contributed by atoms with Gasteiger partial charge in [-0.25, -0.2) is 4.39 Å². The molecule has 7 heteroatoms. The van der Waals surface area contributed by atoms with Gasteiger partial charge in [-0.15, -0.1) is 0 Å². The van der Waals surface area contributed by atoms with E-state index in [1.165, 1.54) is 0 Å². The molecule has 0 radical (unpaired) electrons. The van der Waals surface area contributed by atoms with Gasteiger partial charge in [-0.1, -0.05) is 0 Å². The van der Waals surface area contributed by atoms with Crippen LogP contribution in [0, 0.1) is 15.9 Å². The predicted molar refractivity (Wildman–Crippen MR) is 64.0 cm³/mol. The van der Waals surface area contributed by atoms with E-state index in [0.717, 1.165) is 12.1 Å². The fraction of sp³-hybridized carbons (Fsp3) is 0.364. The van der Waals surface area contributed by atoms with Crippen molar-refractivity contribution in [3.05, 3.63) is 32.5 Å². The number of carbonyl (C=O) groups excluding carboxylic acids is 1. The van der Waals surface area contributed by atoms with Gasteiger partial charge in [-0.3, -0.25) is 14.9 Å². The normalized spacial score (nSPS) is 19.0. The van der Waals surface area contributed by atoms with Gasteiger partial charge < -0.3 is 4.74 Å². The predicted octanol–water partition coefficient (Wildman–Crippen LogP) is 3.00. The number of ether oxygens (including phenoxy) is 1. The standard InChI is InChI=1S/C11H9BrFNO4/c12-8-4-10(14(16)17)11(5-9(8)13)18-7-2-1-6(15)3-7/h4-5,7H,1-3H2. The van der Waals surface area contributed by atoms with Gasteiger partial charge in [-0.2, -0.15) is 0 Å². The quantitative estimate of drug-likeness (QED) is 0.634. The molecule has 0 saturated heterocycles. The topological polar surface area (TPSA) is 69.4 Å². The van der Waals surface area contributed by atoms with E-state index in [-0.39, 0.29) is 28.1 Å². The lowest BCUT2D eigenvalue weighted by molar-refractivity contribution is -0.386. The summed E-state index contributed by atoms with van der Waals surface area (Å²) in [5.74, 6) is -0.722. The molecule has 1 aliphatic carbocycles. The Morgan fingerprint density at radius 3 is 2.78 bits per heavy atom. The van der Waals surface area contributed by atoms with Gasteiger partial charge in [0.2, 0.25) is 0 Å². The summed E-state index contributed by atoms with van der Waals surface area (Å²) in [6.07, 6.45) is 0.719. The Bertz CT molecular complexity index is 520. The van der Waals surface area contributed by atoms with Crippen LogP contribution < -0.4 is 4.74 Å². The summed E-state index contributed by atoms with van der Waals surface area (Å²) >= 11 is 2.88. The highest BCUT2D eigenvalue weighted by molar-refractivity contribution is 9.10. The maximum absolute atomic E-state index is 13.4. The van der Waals surface area contributed by atoms with Crippen LogP contribution in [0.4, 0.5) is 10.1 Å². The molecule has 0 amide bonds. The van der Waals surface area contributed by atoms with E-state index < -0.39 is 16.8 Å². The number of carbonyl (C=O) groups is 1. The lowest BCUT2D eigenvalue weighted by atomic mass is 10.2. The third kappa shape index (κ3) is 2.66. The molecule has 0 N–H and O–H groups in total. The number of ketones is 1. The minimum atomic E-state index is -0.643. The first-order valence-corrected chi connectivity index (χ1v) is 6.08. The maximum atomic E-state index is 13.4. The molecule has 0 heterocycles. The number of hydrogen-bond acceptors (Lipinski definition) is 4. The number of halogens is 2. The van der Waals surface area contributed by atoms with E-state index in [1.807, 2.05) is 0 Å². The van der Waals surface area contributed by atoms with Gasteiger partial charge in [0.05, 0.1) is 9.40 Å². The average Bonchev–Trinajstić information content (AvgIpc) is 2.68. The van der Waals surface area contributed by atoms with Crippen molar-refractivity contribution in [3.63, 3.8) is 0 Å². The molecule has 0 bridgehead atoms. The Morgan fingerprint density at radius 2 is 2.22 bits per heavy atom. The number of nitro benzene ring substituents is 1. The summed E-state index contributed by atoms with van der Waals surface area (Å²) < 4.78 is 18.7. The van der Waals surface area contributed by atoms with Gasteiger partial charge in [-0.05, 0) is 22.4 Å². The first-order chi connectivity index (χ1) is 8.47. The van der Waals surface area contributed by atoms with Crippen LogP contribution in [0.1, 0.15) is 19.3 Å². The van der Waals surface area contributed by atoms with Crippen molar-refractivity contribution in [3.8, 4) is 5.75 Å². The molecule has 1 unspecified atom stereocenters. The maximum Gasteiger partial charge on any atom is 0.312 e. The minimum Gasteiger partial charge on any atom is -0.483 e. The van der Waals surface area contributed by atoms with Gasteiger partial charge in [0.15, 0.2) is 5.75 Å². The molecule has 1 atom stereocenters. The third-order valence-corrected chi connectivity index (χ3v) is 3.30. The Labute approximate surface area is 110 Å². The fourth-order valence-electron chi connectivity index (χ4n) is 1.82. The molecule has 1 aromatic rings. The minimum absolute atomic E-state index is 0.00375. The summed E-state index contributed by atoms with van der Waals surface area (Å²) in [5.41, 5.74) is -0.317. The molecule has 1 fully saturated rings. The monoisotopic (exact) mass is 317 g/mol. The van der Waals surface area contributed by atoms with Crippen LogP contribution in [0.15, 0.2) is 16.6 Å². The fourth-order valence-corrected chi connectivity index (χ4v) is 2.15. The zero-order chi connectivity index (χ0) is 13.3. The largest absolute Gasteiger partial charge is 0.483 e. The number of Topliss-reactive ketones (excluding diaryl/α,β-unsaturated/α-hetero) is 1. The highest BCUT2D eigenvalue weighted by Gasteiger charge is 2.27. The SMILES string of the molecule is O=C1CCC(Oc2cc(F)c(Br)cc2[N+](=O)[O-])C1. The number of hydrogen-bond donors (Lipinski definition) is 0. The third-order valence-electron chi connectivity index (χ3n) is 2.69. The Hall–Kier alpha value is -1.50. The second kappa shape index (κ2) is 5.01. The highest BCUT2D eigenvalue weighted by Crippen LogP contribution is 2.34. The Kier molecular flexibility index (Phi) is 3.60. The van der Waals surface area contributed by atoms with Crippen LogP contribution >= 0.6 is 15.9 Å². The average molecular weight is 318 g/mol. The van der Waals surface area contributed by atoms with Gasteiger partial charge in [0, 0.05) is 25.0 Å². The smallest absolute Gasteiger partial charge is 0.312 e. The second-order valence-corrected chi connectivity index (χ2v) is 4.87. The first-order valence-electron chi connectivity index (χ1n) is 5.29. The number of nitrogens with zero attached hydrogens (tertiary/aromatic N) is 1. The van der Waals surface area contributed by atoms with Crippen LogP contribution in [0.2, 0.25) is 0 Å². The molecule has 5 nitrogen and oxygen atoms in total. The van der Waals surface area contributed by atoms with Crippen molar-refractivity contribution >= 4 is 27.4 Å². The van der Waals surface area contributed by atoms with Crippen LogP contribution in [-0.4, -0.2) is 16.8 Å². The highest BCUT2D eigenvalue weighted by atomic mass is 79.9. The van der Waals surface area contributed by atoms with Crippen LogP contribution in [-0.2, 0) is 4.79 Å². The van der Waals surface area contributed by atoms with Crippen LogP contribution in [0.3, 0.4) is 0 Å².